The molecule has 0 saturated carbocycles. The van der Waals surface area contributed by atoms with Gasteiger partial charge in [0.25, 0.3) is 0 Å². The van der Waals surface area contributed by atoms with E-state index in [9.17, 15) is 51.1 Å². The van der Waals surface area contributed by atoms with Gasteiger partial charge in [-0.1, -0.05) is 13.2 Å². The van der Waals surface area contributed by atoms with Gasteiger partial charge in [0.1, 0.15) is 75.7 Å². The van der Waals surface area contributed by atoms with E-state index in [0.29, 0.717) is 110 Å². The highest BCUT2D eigenvalue weighted by Gasteiger charge is 2.41. The number of alkyl halides is 1. The molecule has 8 aromatic heterocycles. The van der Waals surface area contributed by atoms with E-state index in [2.05, 4.69) is 43.7 Å². The number of thiazole rings is 4. The zero-order valence-corrected chi connectivity index (χ0v) is 80.2. The first-order chi connectivity index (χ1) is 59.1. The summed E-state index contributed by atoms with van der Waals surface area (Å²) in [5.41, 5.74) is 20.8. The van der Waals surface area contributed by atoms with Crippen LogP contribution in [0.5, 0.6) is 0 Å². The molecule has 4 aromatic carbocycles. The van der Waals surface area contributed by atoms with Crippen molar-refractivity contribution in [2.24, 2.45) is 0 Å². The standard InChI is InChI=1S/2C23H24FN3O3S2.2C20H22FN3O2S2.C3H4Cl2O/c1-6-18(28)26-21-19(20-25-15-10-13(24)7-8-16(15)31-20)14-9-12(2)27(11-17(14)32-21)22(29)30-23(3,4)5;1-6-17(28)26-21-18(20-25-15-11-13(24)7-8-16(15)31-20)14-9-10-27(12(2)19(14)32-21)22(29)30-23(3,4)5;1-10-7-12-15(9-24(10)19(25)26-20(2,3)4)27-17(22)16(12)18-23-13-8-11(21)5-6-14(13)28-18;1-10-16-12(7-8-24(10)19(25)26-20(2,3)4)15(17(22)28-16)18-23-13-9-11(21)5-6-14(13)27-18;4-2-1-3(5)6/h6-8,10,12H,1,9,11H2,2-5H3,(H,26,28);6-8,11-12H,1,9-10H2,2-5H3,(H,26,28);5-6,8,10H,7,9,22H2,1-4H3;5-6,9-10H,7-8,22H2,1-4H3;1-2H2. The van der Waals surface area contributed by atoms with Crippen molar-refractivity contribution >= 4 is 216 Å². The van der Waals surface area contributed by atoms with Crippen LogP contribution in [0, 0.1) is 23.3 Å². The van der Waals surface area contributed by atoms with Crippen LogP contribution in [0.15, 0.2) is 98.1 Å². The Kier molecular flexibility index (Phi) is 29.3. The van der Waals surface area contributed by atoms with E-state index in [1.54, 1.807) is 43.9 Å². The summed E-state index contributed by atoms with van der Waals surface area (Å²) in [5, 5.41) is 11.1. The number of benzene rings is 4. The number of hydrogen-bond donors (Lipinski definition) is 4. The summed E-state index contributed by atoms with van der Waals surface area (Å²) in [4.78, 5) is 114. The van der Waals surface area contributed by atoms with Gasteiger partial charge >= 0.3 is 24.4 Å². The molecule has 4 unspecified atom stereocenters. The minimum atomic E-state index is -0.586. The van der Waals surface area contributed by atoms with Crippen molar-refractivity contribution in [3.8, 4) is 42.3 Å². The van der Waals surface area contributed by atoms with Crippen molar-refractivity contribution in [1.82, 2.24) is 39.5 Å². The maximum Gasteiger partial charge on any atom is 0.410 e. The summed E-state index contributed by atoms with van der Waals surface area (Å²) in [6, 6.07) is 17.9. The molecule has 126 heavy (non-hydrogen) atoms. The lowest BCUT2D eigenvalue weighted by atomic mass is 9.97. The average Bonchev–Trinajstić information content (AvgIpc) is 1.61. The molecule has 4 aliphatic heterocycles. The molecule has 0 saturated heterocycles. The number of ether oxygens (including phenoxy) is 4. The third kappa shape index (κ3) is 22.5. The molecule has 12 aromatic rings. The lowest BCUT2D eigenvalue weighted by molar-refractivity contribution is -0.112. The van der Waals surface area contributed by atoms with Gasteiger partial charge in [0.2, 0.25) is 17.1 Å². The number of carbonyl (C=O) groups is 7. The molecule has 4 atom stereocenters. The summed E-state index contributed by atoms with van der Waals surface area (Å²) >= 11 is 21.7. The van der Waals surface area contributed by atoms with Crippen LogP contribution < -0.4 is 22.1 Å². The summed E-state index contributed by atoms with van der Waals surface area (Å²) in [7, 11) is 0. The second-order valence-corrected chi connectivity index (χ2v) is 43.3. The lowest BCUT2D eigenvalue weighted by Crippen LogP contribution is -2.44. The summed E-state index contributed by atoms with van der Waals surface area (Å²) in [6.07, 6.45) is 3.91. The number of aromatic nitrogens is 4. The van der Waals surface area contributed by atoms with E-state index in [-0.39, 0.29) is 95.3 Å². The summed E-state index contributed by atoms with van der Waals surface area (Å²) < 4.78 is 80.3. The molecule has 6 amide bonds. The van der Waals surface area contributed by atoms with E-state index in [1.807, 2.05) is 111 Å². The topological polar surface area (TPSA) is 297 Å². The smallest absolute Gasteiger partial charge is 0.410 e. The number of thiophene rings is 4. The van der Waals surface area contributed by atoms with Gasteiger partial charge in [-0.05, 0) is 231 Å². The molecule has 0 bridgehead atoms. The Hall–Kier alpha value is -9.69. The molecule has 37 heteroatoms. The second-order valence-electron chi connectivity index (χ2n) is 34.0. The minimum Gasteiger partial charge on any atom is -0.444 e. The number of rotatable bonds is 10. The second kappa shape index (κ2) is 38.7. The summed E-state index contributed by atoms with van der Waals surface area (Å²) in [5.74, 6) is -1.62. The van der Waals surface area contributed by atoms with Gasteiger partial charge in [-0.15, -0.1) is 102 Å². The molecule has 6 N–H and O–H groups in total. The van der Waals surface area contributed by atoms with E-state index < -0.39 is 22.4 Å². The fourth-order valence-corrected chi connectivity index (χ4v) is 23.8. The van der Waals surface area contributed by atoms with Crippen molar-refractivity contribution in [2.75, 3.05) is 41.1 Å². The third-order valence-corrected chi connectivity index (χ3v) is 29.1. The maximum atomic E-state index is 13.7. The van der Waals surface area contributed by atoms with Crippen LogP contribution in [0.1, 0.15) is 171 Å². The number of carbonyl (C=O) groups excluding carboxylic acids is 7. The Bertz CT molecular complexity index is 6150. The van der Waals surface area contributed by atoms with Crippen molar-refractivity contribution in [3.63, 3.8) is 0 Å². The number of hydrogen-bond acceptors (Lipinski definition) is 25. The van der Waals surface area contributed by atoms with Gasteiger partial charge < -0.3 is 60.6 Å². The predicted molar refractivity (Wildman–Crippen MR) is 504 cm³/mol. The normalized spacial score (nSPS) is 16.1. The van der Waals surface area contributed by atoms with E-state index >= 15 is 0 Å². The average molecular weight is 1910 g/mol. The van der Waals surface area contributed by atoms with Crippen LogP contribution >= 0.6 is 114 Å². The Balaban J connectivity index is 0.000000150. The molecule has 12 heterocycles. The highest BCUT2D eigenvalue weighted by molar-refractivity contribution is 7.24. The van der Waals surface area contributed by atoms with Crippen LogP contribution in [0.3, 0.4) is 0 Å². The van der Waals surface area contributed by atoms with Crippen LogP contribution in [0.25, 0.3) is 83.2 Å². The van der Waals surface area contributed by atoms with Gasteiger partial charge in [0.05, 0.1) is 76.0 Å². The molecule has 0 radical (unpaired) electrons. The SMILES string of the molecule is C=CC(=O)Nc1sc2c(c1-c1nc3cc(F)ccc3s1)CC(C)N(C(=O)OC(C)(C)C)C2.C=CC(=O)Nc1sc2c(c1-c1nc3cc(F)ccc3s1)CCN(C(=O)OC(C)(C)C)C2C.CC1Cc2c(sc(N)c2-c2nc3cc(F)ccc3s2)CN1C(=O)OC(C)(C)C.CC1c2sc(N)c(-c3nc4cc(F)ccc4s3)c2CCN1C(=O)OC(C)(C)C.O=C(Cl)CCCl. The van der Waals surface area contributed by atoms with Crippen LogP contribution in [0.4, 0.5) is 56.7 Å². The highest BCUT2D eigenvalue weighted by atomic mass is 35.5. The Morgan fingerprint density at radius 1 is 0.452 bits per heavy atom. The Morgan fingerprint density at radius 2 is 0.754 bits per heavy atom. The van der Waals surface area contributed by atoms with Gasteiger partial charge in [-0.3, -0.25) is 14.4 Å². The zero-order valence-electron chi connectivity index (χ0n) is 72.1. The van der Waals surface area contributed by atoms with Crippen molar-refractivity contribution < 1.29 is 70.1 Å². The molecule has 668 valence electrons. The Morgan fingerprint density at radius 3 is 1.10 bits per heavy atom. The van der Waals surface area contributed by atoms with E-state index in [1.165, 1.54) is 151 Å². The van der Waals surface area contributed by atoms with Gasteiger partial charge in [0.15, 0.2) is 0 Å². The quantitative estimate of drug-likeness (QED) is 0.0325. The van der Waals surface area contributed by atoms with Crippen LogP contribution in [-0.2, 0) is 72.1 Å². The lowest BCUT2D eigenvalue weighted by Gasteiger charge is -2.35. The maximum absolute atomic E-state index is 13.7. The number of amides is 6. The first-order valence-electron chi connectivity index (χ1n) is 40.1. The number of nitrogens with zero attached hydrogens (tertiary/aromatic N) is 8. The molecule has 0 spiro atoms. The fourth-order valence-electron chi connectivity index (χ4n) is 14.3. The Labute approximate surface area is 768 Å². The zero-order chi connectivity index (χ0) is 91.8. The number of fused-ring (bicyclic) bond motifs is 8. The van der Waals surface area contributed by atoms with E-state index in [0.717, 1.165) is 92.8 Å². The third-order valence-electron chi connectivity index (χ3n) is 19.8. The first kappa shape index (κ1) is 95.4. The molecule has 0 fully saturated rings. The fraction of sp³-hybridized carbons (Fsp3) is 0.382. The predicted octanol–water partition coefficient (Wildman–Crippen LogP) is 24.5. The first-order valence-corrected chi connectivity index (χ1v) is 47.6. The van der Waals surface area contributed by atoms with E-state index in [4.69, 9.17) is 53.6 Å². The number of nitrogens with one attached hydrogen (secondary N) is 2. The van der Waals surface area contributed by atoms with Crippen molar-refractivity contribution in [3.05, 3.63) is 163 Å². The molecule has 4 aliphatic rings. The monoisotopic (exact) mass is 1910 g/mol. The molecule has 16 rings (SSSR count). The molecule has 23 nitrogen and oxygen atoms in total. The largest absolute Gasteiger partial charge is 0.444 e. The summed E-state index contributed by atoms with van der Waals surface area (Å²) in [6.45, 7) is 39.1. The van der Waals surface area contributed by atoms with Crippen LogP contribution in [-0.4, -0.2) is 134 Å². The molecular formula is C89H96Cl2F4N12O11S8. The number of anilines is 4. The highest BCUT2D eigenvalue weighted by Crippen LogP contribution is 2.53. The molecular weight excluding hydrogens is 1820 g/mol. The van der Waals surface area contributed by atoms with Gasteiger partial charge in [0, 0.05) is 104 Å². The molecule has 0 aliphatic carbocycles. The van der Waals surface area contributed by atoms with Crippen molar-refractivity contribution in [2.45, 2.75) is 203 Å². The van der Waals surface area contributed by atoms with Crippen LogP contribution in [0.2, 0.25) is 0 Å². The minimum absolute atomic E-state index is 0.0121. The number of nitrogen functional groups attached to an aromatic ring is 2. The number of halogens is 6. The van der Waals surface area contributed by atoms with Gasteiger partial charge in [-0.25, -0.2) is 56.7 Å². The van der Waals surface area contributed by atoms with Gasteiger partial charge in [-0.2, -0.15) is 0 Å². The number of nitrogens with two attached hydrogens (primary N) is 2. The van der Waals surface area contributed by atoms with Crippen molar-refractivity contribution in [1.29, 1.82) is 0 Å².